The van der Waals surface area contributed by atoms with Gasteiger partial charge in [-0.05, 0) is 110 Å². The normalized spacial score (nSPS) is 50.9. The van der Waals surface area contributed by atoms with Crippen LogP contribution in [0.2, 0.25) is 0 Å². The average Bonchev–Trinajstić information content (AvgIpc) is 0.674. The quantitative estimate of drug-likeness (QED) is 0.0256. The molecule has 5 aliphatic carbocycles. The minimum atomic E-state index is -1.99. The summed E-state index contributed by atoms with van der Waals surface area (Å²) < 4.78 is 72.7. The predicted molar refractivity (Wildman–Crippen MR) is 331 cm³/mol. The van der Waals surface area contributed by atoms with Crippen molar-refractivity contribution in [3.63, 3.8) is 0 Å². The molecule has 0 aromatic heterocycles. The van der Waals surface area contributed by atoms with E-state index in [-0.39, 0.29) is 41.3 Å². The second-order valence-corrected chi connectivity index (χ2v) is 31.3. The lowest BCUT2D eigenvalue weighted by molar-refractivity contribution is -0.376. The van der Waals surface area contributed by atoms with Crippen molar-refractivity contribution in [2.45, 2.75) is 292 Å². The van der Waals surface area contributed by atoms with Gasteiger partial charge in [0.2, 0.25) is 0 Å². The summed E-state index contributed by atoms with van der Waals surface area (Å²) in [5, 5.41) is 187. The summed E-state index contributed by atoms with van der Waals surface area (Å²) in [6.07, 6.45) is -37.7. The Morgan fingerprint density at radius 3 is 1.57 bits per heavy atom. The number of allylic oxidation sites excluding steroid dienone is 3. The fourth-order valence-corrected chi connectivity index (χ4v) is 18.8. The van der Waals surface area contributed by atoms with E-state index in [2.05, 4.69) is 40.7 Å². The van der Waals surface area contributed by atoms with Gasteiger partial charge in [-0.25, -0.2) is 4.79 Å². The van der Waals surface area contributed by atoms with Gasteiger partial charge in [0, 0.05) is 17.9 Å². The van der Waals surface area contributed by atoms with E-state index < -0.39 is 244 Å². The molecule has 10 aliphatic rings. The number of ether oxygens (including phenoxy) is 12. The Morgan fingerprint density at radius 1 is 0.510 bits per heavy atom. The molecule has 98 heavy (non-hydrogen) atoms. The highest BCUT2D eigenvalue weighted by molar-refractivity contribution is 5.87. The highest BCUT2D eigenvalue weighted by atomic mass is 16.8. The molecule has 9 fully saturated rings. The molecule has 5 saturated heterocycles. The van der Waals surface area contributed by atoms with Gasteiger partial charge in [0.05, 0.1) is 58.0 Å². The molecule has 35 atom stereocenters. The molecular weight excluding hydrogens is 1300 g/mol. The molecule has 562 valence electrons. The first-order chi connectivity index (χ1) is 45.9. The molecular formula is C67H108O31. The summed E-state index contributed by atoms with van der Waals surface area (Å²) in [5.74, 6) is -2.07. The topological polar surface area (TPSA) is 489 Å². The molecule has 31 heteroatoms. The van der Waals surface area contributed by atoms with Crippen LogP contribution in [0.15, 0.2) is 23.3 Å². The summed E-state index contributed by atoms with van der Waals surface area (Å²) >= 11 is 0. The Hall–Kier alpha value is -2.66. The summed E-state index contributed by atoms with van der Waals surface area (Å²) in [6.45, 7) is 15.2. The van der Waals surface area contributed by atoms with Crippen molar-refractivity contribution < 1.29 is 153 Å². The molecule has 4 saturated carbocycles. The van der Waals surface area contributed by atoms with E-state index in [0.717, 1.165) is 25.3 Å². The number of carbonyl (C=O) groups is 2. The van der Waals surface area contributed by atoms with Crippen LogP contribution >= 0.6 is 0 Å². The Bertz CT molecular complexity index is 2800. The van der Waals surface area contributed by atoms with Gasteiger partial charge in [-0.2, -0.15) is 0 Å². The van der Waals surface area contributed by atoms with Crippen LogP contribution in [0.25, 0.3) is 0 Å². The maximum atomic E-state index is 13.5. The molecule has 0 bridgehead atoms. The molecule has 0 amide bonds. The van der Waals surface area contributed by atoms with E-state index in [4.69, 9.17) is 56.8 Å². The molecule has 31 nitrogen and oxygen atoms in total. The third kappa shape index (κ3) is 13.7. The highest BCUT2D eigenvalue weighted by Gasteiger charge is 2.71. The third-order valence-corrected chi connectivity index (χ3v) is 25.1. The van der Waals surface area contributed by atoms with Gasteiger partial charge < -0.3 is 144 Å². The number of aliphatic hydroxyl groups is 17. The number of hydrogen-bond donors (Lipinski definition) is 17. The molecule has 0 unspecified atom stereocenters. The van der Waals surface area contributed by atoms with Crippen LogP contribution < -0.4 is 0 Å². The summed E-state index contributed by atoms with van der Waals surface area (Å²) in [4.78, 5) is 26.3. The lowest BCUT2D eigenvalue weighted by Crippen LogP contribution is -2.69. The van der Waals surface area contributed by atoms with Crippen LogP contribution in [0.4, 0.5) is 0 Å². The number of rotatable bonds is 19. The Labute approximate surface area is 569 Å². The smallest absolute Gasteiger partial charge is 0.333 e. The number of carbonyl (C=O) groups excluding carboxylic acids is 2. The first-order valence-corrected chi connectivity index (χ1v) is 34.4. The van der Waals surface area contributed by atoms with Crippen LogP contribution in [0.5, 0.6) is 0 Å². The van der Waals surface area contributed by atoms with Crippen molar-refractivity contribution in [3.05, 3.63) is 23.3 Å². The predicted octanol–water partition coefficient (Wildman–Crippen LogP) is -3.71. The third-order valence-electron chi connectivity index (χ3n) is 25.1. The summed E-state index contributed by atoms with van der Waals surface area (Å²) in [6, 6.07) is 0. The van der Waals surface area contributed by atoms with Crippen molar-refractivity contribution in [1.29, 1.82) is 0 Å². The second kappa shape index (κ2) is 29.7. The van der Waals surface area contributed by atoms with Crippen molar-refractivity contribution >= 4 is 11.9 Å². The van der Waals surface area contributed by atoms with E-state index in [9.17, 15) is 96.4 Å². The summed E-state index contributed by atoms with van der Waals surface area (Å²) in [7, 11) is 0. The number of hydrogen-bond acceptors (Lipinski definition) is 31. The summed E-state index contributed by atoms with van der Waals surface area (Å²) in [5.41, 5.74) is -2.79. The van der Waals surface area contributed by atoms with Gasteiger partial charge in [-0.15, -0.1) is 0 Å². The van der Waals surface area contributed by atoms with Gasteiger partial charge in [0.15, 0.2) is 43.7 Å². The van der Waals surface area contributed by atoms with Crippen LogP contribution in [0.3, 0.4) is 0 Å². The van der Waals surface area contributed by atoms with Crippen LogP contribution in [0.1, 0.15) is 121 Å². The fourth-order valence-electron chi connectivity index (χ4n) is 18.8. The van der Waals surface area contributed by atoms with Crippen molar-refractivity contribution in [2.75, 3.05) is 39.6 Å². The van der Waals surface area contributed by atoms with E-state index >= 15 is 0 Å². The molecule has 0 radical (unpaired) electrons. The molecule has 5 aliphatic heterocycles. The molecule has 0 aromatic rings. The average molecular weight is 1410 g/mol. The van der Waals surface area contributed by atoms with Gasteiger partial charge in [-0.1, -0.05) is 66.2 Å². The lowest BCUT2D eigenvalue weighted by atomic mass is 9.33. The maximum Gasteiger partial charge on any atom is 0.333 e. The molecule has 5 heterocycles. The SMILES string of the molecule is C/C=C(/C)C(=O)O[C@@H]1[C@@H](O)[C@H](O[C@H]2CC[C@]3(C)[C@H]4CC=C5[C@@H]6CC(C)(C)[C@@H](O)[C@H](O)[C@]6(CO[C@@H]6O[C@H](CO[C@@H]7O[C@H](CO)[C@@H](O)[C@H](O)[C@H]7O)[C@@H](O)[C@H](O)[C@H]6O[C@@H]6O[C@H](CO)[C@@H](O)[C@H](O)[C@H]6O)CC[C@@]5(C)[C@]4(C)CC[C@H]3C2(C)C)O[C@H](CO[C@@H]2O[C@H](CO)[C@@H](O)[C@H](O)[C@H]2O)[C@H]1OC(C)=O. The monoisotopic (exact) mass is 1410 g/mol. The van der Waals surface area contributed by atoms with E-state index in [1.54, 1.807) is 6.92 Å². The van der Waals surface area contributed by atoms with E-state index in [1.165, 1.54) is 13.0 Å². The Morgan fingerprint density at radius 2 is 1.02 bits per heavy atom. The van der Waals surface area contributed by atoms with Crippen LogP contribution in [-0.4, -0.2) is 310 Å². The minimum absolute atomic E-state index is 0.00760. The van der Waals surface area contributed by atoms with Gasteiger partial charge in [0.1, 0.15) is 110 Å². The lowest BCUT2D eigenvalue weighted by Gasteiger charge is -2.72. The molecule has 0 spiro atoms. The van der Waals surface area contributed by atoms with Crippen LogP contribution in [-0.2, 0) is 66.4 Å². The zero-order valence-electron chi connectivity index (χ0n) is 57.3. The molecule has 17 N–H and O–H groups in total. The van der Waals surface area contributed by atoms with Gasteiger partial charge in [0.25, 0.3) is 0 Å². The highest BCUT2D eigenvalue weighted by Crippen LogP contribution is 2.76. The number of fused-ring (bicyclic) bond motifs is 7. The Balaban J connectivity index is 0.914. The first kappa shape index (κ1) is 77.9. The zero-order valence-corrected chi connectivity index (χ0v) is 57.3. The van der Waals surface area contributed by atoms with Gasteiger partial charge >= 0.3 is 11.9 Å². The molecule has 10 rings (SSSR count). The Kier molecular flexibility index (Phi) is 23.6. The van der Waals surface area contributed by atoms with E-state index in [0.29, 0.717) is 32.1 Å². The van der Waals surface area contributed by atoms with Crippen LogP contribution in [0, 0.1) is 50.2 Å². The van der Waals surface area contributed by atoms with Crippen molar-refractivity contribution in [1.82, 2.24) is 0 Å². The fraction of sp³-hybridized carbons (Fsp3) is 0.910. The molecule has 0 aromatic carbocycles. The standard InChI is InChI=1S/C67H108O31/c1-11-27(2)56(86)97-52-50(83)60(95-35(51(52)90-28(3)71)25-88-58-48(81)44(77)40(73)32(22-69)92-58)96-38-15-16-64(8)36(63(38,6)7)14-17-66(10)37(64)13-12-29-30-20-62(4,5)54(84)55(85)67(30,19-18-65(29,66)9)26-89-61-53(98-59-49(82)45(78)41(74)33(23-70)93-59)46(79)42(75)34(94-61)24-87-57-47(80)43(76)39(72)31(21-68)91-57/h11-12,30-55,57-61,68-70,72-85H,13-26H2,1-10H3/b27-11-/t30-,31+,32+,33+,34+,35+,36-,37+,38-,39+,40+,41+,42+,43-,44-,45-,46-,47+,48+,49+,50+,51+,52+,53+,54-,55-,57+,58+,59-,60-,61+,64-,65+,66+,67-/m0/s1. The van der Waals surface area contributed by atoms with E-state index in [1.807, 2.05) is 13.8 Å². The van der Waals surface area contributed by atoms with Crippen molar-refractivity contribution in [2.24, 2.45) is 50.2 Å². The number of esters is 2. The largest absolute Gasteiger partial charge is 0.456 e. The maximum absolute atomic E-state index is 13.5. The zero-order chi connectivity index (χ0) is 72.0. The van der Waals surface area contributed by atoms with Crippen molar-refractivity contribution in [3.8, 4) is 0 Å². The number of aliphatic hydroxyl groups excluding tert-OH is 17. The first-order valence-electron chi connectivity index (χ1n) is 34.4. The second-order valence-electron chi connectivity index (χ2n) is 31.3. The minimum Gasteiger partial charge on any atom is -0.456 e. The van der Waals surface area contributed by atoms with Gasteiger partial charge in [-0.3, -0.25) is 4.79 Å².